The highest BCUT2D eigenvalue weighted by Crippen LogP contribution is 2.18. The minimum Gasteiger partial charge on any atom is -0.334 e. The molecular formula is C11H12N4O3S. The fraction of sp³-hybridized carbons (Fsp3) is 0.0909. The fourth-order valence-electron chi connectivity index (χ4n) is 1.46. The van der Waals surface area contributed by atoms with Crippen LogP contribution in [0.3, 0.4) is 0 Å². The summed E-state index contributed by atoms with van der Waals surface area (Å²) in [6.45, 7) is 1.38. The number of aromatic amines is 1. The van der Waals surface area contributed by atoms with Gasteiger partial charge in [-0.2, -0.15) is 8.42 Å². The Bertz CT molecular complexity index is 680. The summed E-state index contributed by atoms with van der Waals surface area (Å²) in [4.78, 5) is 17.1. The molecule has 2 aromatic rings. The Morgan fingerprint density at radius 1 is 1.32 bits per heavy atom. The molecule has 0 atom stereocenters. The van der Waals surface area contributed by atoms with Crippen LogP contribution in [-0.4, -0.2) is 24.3 Å². The topological polar surface area (TPSA) is 104 Å². The maximum absolute atomic E-state index is 11.9. The van der Waals surface area contributed by atoms with E-state index in [1.54, 1.807) is 18.2 Å². The molecule has 1 aromatic carbocycles. The third-order valence-corrected chi connectivity index (χ3v) is 3.50. The van der Waals surface area contributed by atoms with E-state index in [1.807, 2.05) is 0 Å². The third-order valence-electron chi connectivity index (χ3n) is 2.20. The number of benzene rings is 1. The molecule has 0 saturated heterocycles. The number of hydrogen-bond donors (Lipinski definition) is 3. The Morgan fingerprint density at radius 3 is 2.68 bits per heavy atom. The first-order valence-corrected chi connectivity index (χ1v) is 6.84. The van der Waals surface area contributed by atoms with E-state index in [9.17, 15) is 13.2 Å². The van der Waals surface area contributed by atoms with E-state index < -0.39 is 10.0 Å². The van der Waals surface area contributed by atoms with Crippen LogP contribution in [0.5, 0.6) is 0 Å². The molecule has 0 bridgehead atoms. The molecule has 3 N–H and O–H groups in total. The number of hydrogen-bond acceptors (Lipinski definition) is 4. The largest absolute Gasteiger partial charge is 0.334 e. The quantitative estimate of drug-likeness (QED) is 0.781. The van der Waals surface area contributed by atoms with Crippen LogP contribution in [0.2, 0.25) is 0 Å². The van der Waals surface area contributed by atoms with Gasteiger partial charge in [-0.05, 0) is 18.2 Å². The fourth-order valence-corrected chi connectivity index (χ4v) is 2.42. The first-order chi connectivity index (χ1) is 8.97. The lowest BCUT2D eigenvalue weighted by Crippen LogP contribution is -2.13. The molecule has 0 unspecified atom stereocenters. The van der Waals surface area contributed by atoms with Gasteiger partial charge in [-0.1, -0.05) is 6.07 Å². The van der Waals surface area contributed by atoms with Crippen molar-refractivity contribution in [3.63, 3.8) is 0 Å². The molecule has 0 fully saturated rings. The summed E-state index contributed by atoms with van der Waals surface area (Å²) >= 11 is 0. The number of carbonyl (C=O) groups excluding carboxylic acids is 1. The van der Waals surface area contributed by atoms with Crippen LogP contribution in [0.4, 0.5) is 11.4 Å². The Labute approximate surface area is 110 Å². The van der Waals surface area contributed by atoms with Crippen molar-refractivity contribution in [1.82, 2.24) is 9.97 Å². The van der Waals surface area contributed by atoms with Gasteiger partial charge in [0.05, 0.1) is 18.2 Å². The van der Waals surface area contributed by atoms with E-state index in [2.05, 4.69) is 20.0 Å². The Morgan fingerprint density at radius 2 is 2.05 bits per heavy atom. The number of rotatable bonds is 4. The Balaban J connectivity index is 2.22. The zero-order chi connectivity index (χ0) is 13.9. The molecule has 0 aliphatic rings. The Kier molecular flexibility index (Phi) is 3.52. The molecule has 7 nitrogen and oxygen atoms in total. The summed E-state index contributed by atoms with van der Waals surface area (Å²) in [7, 11) is -3.70. The van der Waals surface area contributed by atoms with Gasteiger partial charge in [0, 0.05) is 12.6 Å². The molecule has 0 aliphatic carbocycles. The van der Waals surface area contributed by atoms with Crippen LogP contribution >= 0.6 is 0 Å². The van der Waals surface area contributed by atoms with E-state index in [1.165, 1.54) is 25.5 Å². The minimum absolute atomic E-state index is 0.0302. The first-order valence-electron chi connectivity index (χ1n) is 5.36. The number of anilines is 2. The lowest BCUT2D eigenvalue weighted by molar-refractivity contribution is -0.114. The summed E-state index contributed by atoms with van der Waals surface area (Å²) < 4.78 is 26.2. The van der Waals surface area contributed by atoms with Crippen molar-refractivity contribution >= 4 is 27.3 Å². The van der Waals surface area contributed by atoms with E-state index in [0.29, 0.717) is 11.4 Å². The second-order valence-corrected chi connectivity index (χ2v) is 5.43. The molecule has 100 valence electrons. The van der Waals surface area contributed by atoms with Gasteiger partial charge in [-0.15, -0.1) is 0 Å². The number of amides is 1. The lowest BCUT2D eigenvalue weighted by Gasteiger charge is -2.08. The lowest BCUT2D eigenvalue weighted by atomic mass is 10.3. The van der Waals surface area contributed by atoms with Crippen LogP contribution in [0.15, 0.2) is 41.8 Å². The summed E-state index contributed by atoms with van der Waals surface area (Å²) in [5.41, 5.74) is 0.859. The predicted molar refractivity (Wildman–Crippen MR) is 70.1 cm³/mol. The number of carbonyl (C=O) groups is 1. The van der Waals surface area contributed by atoms with Crippen molar-refractivity contribution in [3.05, 3.63) is 36.8 Å². The number of nitrogens with one attached hydrogen (secondary N) is 3. The van der Waals surface area contributed by atoms with Crippen molar-refractivity contribution in [2.45, 2.75) is 11.9 Å². The summed E-state index contributed by atoms with van der Waals surface area (Å²) in [6.07, 6.45) is 2.49. The second-order valence-electron chi connectivity index (χ2n) is 3.78. The number of nitrogens with zero attached hydrogens (tertiary/aromatic N) is 1. The molecule has 0 saturated carbocycles. The van der Waals surface area contributed by atoms with Crippen LogP contribution in [0.25, 0.3) is 0 Å². The standard InChI is InChI=1S/C11H12N4O3S/c1-8(16)14-9-3-2-4-10(5-9)15-19(17,18)11-6-12-7-13-11/h2-7,15H,1H3,(H,12,13)(H,14,16). The molecule has 19 heavy (non-hydrogen) atoms. The third kappa shape index (κ3) is 3.32. The monoisotopic (exact) mass is 280 g/mol. The SMILES string of the molecule is CC(=O)Nc1cccc(NS(=O)(=O)c2cnc[nH]2)c1. The van der Waals surface area contributed by atoms with Crippen molar-refractivity contribution < 1.29 is 13.2 Å². The number of sulfonamides is 1. The average Bonchev–Trinajstić information content (AvgIpc) is 2.81. The highest BCUT2D eigenvalue weighted by Gasteiger charge is 2.15. The van der Waals surface area contributed by atoms with Crippen molar-refractivity contribution in [2.24, 2.45) is 0 Å². The second kappa shape index (κ2) is 5.11. The predicted octanol–water partition coefficient (Wildman–Crippen LogP) is 1.17. The molecular weight excluding hydrogens is 268 g/mol. The maximum atomic E-state index is 11.9. The van der Waals surface area contributed by atoms with Gasteiger partial charge in [0.2, 0.25) is 5.91 Å². The van der Waals surface area contributed by atoms with Gasteiger partial charge in [0.15, 0.2) is 5.03 Å². The number of H-pyrrole nitrogens is 1. The maximum Gasteiger partial charge on any atom is 0.278 e. The molecule has 2 rings (SSSR count). The van der Waals surface area contributed by atoms with Crippen LogP contribution in [0, 0.1) is 0 Å². The van der Waals surface area contributed by atoms with E-state index >= 15 is 0 Å². The van der Waals surface area contributed by atoms with Gasteiger partial charge >= 0.3 is 0 Å². The molecule has 1 heterocycles. The summed E-state index contributed by atoms with van der Waals surface area (Å²) in [5.74, 6) is -0.228. The number of imidazole rings is 1. The van der Waals surface area contributed by atoms with E-state index in [-0.39, 0.29) is 10.9 Å². The highest BCUT2D eigenvalue weighted by molar-refractivity contribution is 7.92. The average molecular weight is 280 g/mol. The van der Waals surface area contributed by atoms with Crippen LogP contribution in [0.1, 0.15) is 6.92 Å². The molecule has 8 heteroatoms. The molecule has 1 amide bonds. The van der Waals surface area contributed by atoms with E-state index in [4.69, 9.17) is 0 Å². The summed E-state index contributed by atoms with van der Waals surface area (Å²) in [6, 6.07) is 6.40. The van der Waals surface area contributed by atoms with Gasteiger partial charge < -0.3 is 10.3 Å². The van der Waals surface area contributed by atoms with E-state index in [0.717, 1.165) is 0 Å². The van der Waals surface area contributed by atoms with Crippen LogP contribution in [-0.2, 0) is 14.8 Å². The normalized spacial score (nSPS) is 11.0. The van der Waals surface area contributed by atoms with Gasteiger partial charge in [-0.3, -0.25) is 9.52 Å². The minimum atomic E-state index is -3.70. The van der Waals surface area contributed by atoms with Crippen LogP contribution < -0.4 is 10.0 Å². The number of aromatic nitrogens is 2. The smallest absolute Gasteiger partial charge is 0.278 e. The molecule has 0 spiro atoms. The highest BCUT2D eigenvalue weighted by atomic mass is 32.2. The zero-order valence-electron chi connectivity index (χ0n) is 10.0. The van der Waals surface area contributed by atoms with Gasteiger partial charge in [0.25, 0.3) is 10.0 Å². The van der Waals surface area contributed by atoms with Gasteiger partial charge in [-0.25, -0.2) is 4.98 Å². The molecule has 0 radical (unpaired) electrons. The molecule has 1 aromatic heterocycles. The molecule has 0 aliphatic heterocycles. The zero-order valence-corrected chi connectivity index (χ0v) is 10.9. The summed E-state index contributed by atoms with van der Waals surface area (Å²) in [5, 5.41) is 2.54. The van der Waals surface area contributed by atoms with Crippen molar-refractivity contribution in [1.29, 1.82) is 0 Å². The Hall–Kier alpha value is -2.35. The van der Waals surface area contributed by atoms with Crippen molar-refractivity contribution in [2.75, 3.05) is 10.0 Å². The first kappa shape index (κ1) is 13.1. The van der Waals surface area contributed by atoms with Crippen molar-refractivity contribution in [3.8, 4) is 0 Å². The van der Waals surface area contributed by atoms with Gasteiger partial charge in [0.1, 0.15) is 0 Å².